The van der Waals surface area contributed by atoms with Crippen LogP contribution in [0.5, 0.6) is 0 Å². The van der Waals surface area contributed by atoms with Gasteiger partial charge in [0.15, 0.2) is 0 Å². The molecule has 2 aromatic rings. The topological polar surface area (TPSA) is 29.9 Å². The molecule has 2 rings (SSSR count). The molecule has 90 valence electrons. The molecule has 0 saturated carbocycles. The van der Waals surface area contributed by atoms with Crippen LogP contribution >= 0.6 is 0 Å². The number of imidazole rings is 1. The minimum absolute atomic E-state index is 0.181. The van der Waals surface area contributed by atoms with Crippen LogP contribution in [0.1, 0.15) is 18.2 Å². The Morgan fingerprint density at radius 1 is 1.41 bits per heavy atom. The Labute approximate surface area is 100 Å². The quantitative estimate of drug-likeness (QED) is 0.879. The van der Waals surface area contributed by atoms with Crippen LogP contribution < -0.4 is 5.32 Å². The summed E-state index contributed by atoms with van der Waals surface area (Å²) in [6.45, 7) is 5.38. The van der Waals surface area contributed by atoms with Crippen LogP contribution in [0, 0.1) is 12.7 Å². The largest absolute Gasteiger partial charge is 0.379 e. The molecule has 4 heteroatoms. The molecule has 1 aromatic heterocycles. The summed E-state index contributed by atoms with van der Waals surface area (Å²) in [5, 5.41) is 3.23. The molecule has 0 amide bonds. The molecule has 0 saturated heterocycles. The Morgan fingerprint density at radius 3 is 3.00 bits per heavy atom. The highest BCUT2D eigenvalue weighted by atomic mass is 19.1. The van der Waals surface area contributed by atoms with Gasteiger partial charge in [-0.2, -0.15) is 0 Å². The number of nitrogens with zero attached hydrogens (tertiary/aromatic N) is 2. The fourth-order valence-electron chi connectivity index (χ4n) is 1.76. The number of hydrogen-bond donors (Lipinski definition) is 1. The second-order valence-electron chi connectivity index (χ2n) is 3.94. The number of anilines is 1. The highest BCUT2D eigenvalue weighted by Crippen LogP contribution is 2.18. The third-order valence-electron chi connectivity index (χ3n) is 2.87. The molecule has 17 heavy (non-hydrogen) atoms. The molecule has 1 aromatic carbocycles. The highest BCUT2D eigenvalue weighted by molar-refractivity contribution is 5.51. The van der Waals surface area contributed by atoms with Gasteiger partial charge in [0.05, 0.1) is 18.6 Å². The van der Waals surface area contributed by atoms with E-state index in [9.17, 15) is 4.39 Å². The van der Waals surface area contributed by atoms with Gasteiger partial charge in [0.1, 0.15) is 5.82 Å². The molecule has 0 spiro atoms. The number of rotatable bonds is 4. The van der Waals surface area contributed by atoms with Crippen LogP contribution in [-0.2, 0) is 13.1 Å². The molecule has 1 N–H and O–H groups in total. The summed E-state index contributed by atoms with van der Waals surface area (Å²) in [6, 6.07) is 5.06. The fraction of sp³-hybridized carbons (Fsp3) is 0.308. The van der Waals surface area contributed by atoms with Gasteiger partial charge in [-0.05, 0) is 26.0 Å². The maximum Gasteiger partial charge on any atom is 0.128 e. The van der Waals surface area contributed by atoms with Crippen molar-refractivity contribution in [3.63, 3.8) is 0 Å². The van der Waals surface area contributed by atoms with Crippen molar-refractivity contribution in [2.75, 3.05) is 5.32 Å². The third-order valence-corrected chi connectivity index (χ3v) is 2.87. The van der Waals surface area contributed by atoms with E-state index in [4.69, 9.17) is 0 Å². The number of halogens is 1. The Balaban J connectivity index is 2.10. The van der Waals surface area contributed by atoms with E-state index in [1.54, 1.807) is 19.3 Å². The first kappa shape index (κ1) is 11.6. The maximum absolute atomic E-state index is 13.3. The monoisotopic (exact) mass is 233 g/mol. The third kappa shape index (κ3) is 2.46. The van der Waals surface area contributed by atoms with Crippen LogP contribution in [0.2, 0.25) is 0 Å². The average Bonchev–Trinajstić information content (AvgIpc) is 2.78. The molecule has 0 fully saturated rings. The van der Waals surface area contributed by atoms with Crippen molar-refractivity contribution < 1.29 is 4.39 Å². The summed E-state index contributed by atoms with van der Waals surface area (Å²) >= 11 is 0. The summed E-state index contributed by atoms with van der Waals surface area (Å²) in [6.07, 6.45) is 3.63. The summed E-state index contributed by atoms with van der Waals surface area (Å²) < 4.78 is 15.4. The van der Waals surface area contributed by atoms with Gasteiger partial charge in [0.25, 0.3) is 0 Å². The van der Waals surface area contributed by atoms with Crippen molar-refractivity contribution >= 4 is 5.69 Å². The van der Waals surface area contributed by atoms with Crippen molar-refractivity contribution in [3.8, 4) is 0 Å². The minimum Gasteiger partial charge on any atom is -0.379 e. The van der Waals surface area contributed by atoms with E-state index in [1.807, 2.05) is 12.3 Å². The summed E-state index contributed by atoms with van der Waals surface area (Å²) in [5.74, 6) is -0.181. The molecule has 3 nitrogen and oxygen atoms in total. The average molecular weight is 233 g/mol. The lowest BCUT2D eigenvalue weighted by Gasteiger charge is -2.11. The molecule has 0 atom stereocenters. The first-order chi connectivity index (χ1) is 8.22. The lowest BCUT2D eigenvalue weighted by molar-refractivity contribution is 0.619. The smallest absolute Gasteiger partial charge is 0.128 e. The second kappa shape index (κ2) is 4.99. The van der Waals surface area contributed by atoms with Gasteiger partial charge in [-0.3, -0.25) is 0 Å². The second-order valence-corrected chi connectivity index (χ2v) is 3.94. The maximum atomic E-state index is 13.3. The van der Waals surface area contributed by atoms with E-state index >= 15 is 0 Å². The van der Waals surface area contributed by atoms with E-state index in [-0.39, 0.29) is 5.82 Å². The van der Waals surface area contributed by atoms with Crippen LogP contribution in [-0.4, -0.2) is 9.55 Å². The predicted molar refractivity (Wildman–Crippen MR) is 66.4 cm³/mol. The zero-order valence-electron chi connectivity index (χ0n) is 10.1. The van der Waals surface area contributed by atoms with Gasteiger partial charge in [-0.25, -0.2) is 9.37 Å². The van der Waals surface area contributed by atoms with Crippen LogP contribution in [0.3, 0.4) is 0 Å². The molecule has 0 radical (unpaired) electrons. The number of nitrogens with one attached hydrogen (secondary N) is 1. The number of hydrogen-bond acceptors (Lipinski definition) is 2. The number of aryl methyl sites for hydroxylation is 1. The fourth-order valence-corrected chi connectivity index (χ4v) is 1.76. The summed E-state index contributed by atoms with van der Waals surface area (Å²) in [7, 11) is 0. The first-order valence-corrected chi connectivity index (χ1v) is 5.70. The SMILES string of the molecule is CCn1cncc1CNc1cccc(F)c1C. The standard InChI is InChI=1S/C13H16FN3/c1-3-17-9-15-7-11(17)8-16-13-6-4-5-12(14)10(13)2/h4-7,9,16H,3,8H2,1-2H3. The van der Waals surface area contributed by atoms with Crippen molar-refractivity contribution in [1.82, 2.24) is 9.55 Å². The van der Waals surface area contributed by atoms with Gasteiger partial charge in [0, 0.05) is 24.0 Å². The van der Waals surface area contributed by atoms with Gasteiger partial charge < -0.3 is 9.88 Å². The zero-order chi connectivity index (χ0) is 12.3. The van der Waals surface area contributed by atoms with E-state index in [2.05, 4.69) is 21.8 Å². The molecule has 0 bridgehead atoms. The van der Waals surface area contributed by atoms with Gasteiger partial charge in [0.2, 0.25) is 0 Å². The van der Waals surface area contributed by atoms with E-state index < -0.39 is 0 Å². The van der Waals surface area contributed by atoms with Crippen molar-refractivity contribution in [2.24, 2.45) is 0 Å². The summed E-state index contributed by atoms with van der Waals surface area (Å²) in [4.78, 5) is 4.09. The van der Waals surface area contributed by atoms with Gasteiger partial charge >= 0.3 is 0 Å². The van der Waals surface area contributed by atoms with Crippen molar-refractivity contribution in [2.45, 2.75) is 26.9 Å². The lowest BCUT2D eigenvalue weighted by atomic mass is 10.2. The van der Waals surface area contributed by atoms with Crippen molar-refractivity contribution in [3.05, 3.63) is 47.8 Å². The van der Waals surface area contributed by atoms with Crippen LogP contribution in [0.15, 0.2) is 30.7 Å². The molecular formula is C13H16FN3. The van der Waals surface area contributed by atoms with Gasteiger partial charge in [-0.1, -0.05) is 6.07 Å². The predicted octanol–water partition coefficient (Wildman–Crippen LogP) is 2.96. The zero-order valence-corrected chi connectivity index (χ0v) is 10.1. The Hall–Kier alpha value is -1.84. The van der Waals surface area contributed by atoms with Crippen LogP contribution in [0.25, 0.3) is 0 Å². The molecule has 0 aliphatic heterocycles. The summed E-state index contributed by atoms with van der Waals surface area (Å²) in [5.41, 5.74) is 2.57. The molecule has 0 aliphatic rings. The Bertz CT molecular complexity index is 505. The molecular weight excluding hydrogens is 217 g/mol. The van der Waals surface area contributed by atoms with Crippen molar-refractivity contribution in [1.29, 1.82) is 0 Å². The first-order valence-electron chi connectivity index (χ1n) is 5.70. The van der Waals surface area contributed by atoms with Crippen LogP contribution in [0.4, 0.5) is 10.1 Å². The Morgan fingerprint density at radius 2 is 2.24 bits per heavy atom. The van der Waals surface area contributed by atoms with E-state index in [0.29, 0.717) is 12.1 Å². The Kier molecular flexibility index (Phi) is 3.42. The molecule has 1 heterocycles. The number of aromatic nitrogens is 2. The number of benzene rings is 1. The normalized spacial score (nSPS) is 10.5. The highest BCUT2D eigenvalue weighted by Gasteiger charge is 2.04. The van der Waals surface area contributed by atoms with E-state index in [0.717, 1.165) is 17.9 Å². The molecule has 0 unspecified atom stereocenters. The lowest BCUT2D eigenvalue weighted by Crippen LogP contribution is -2.07. The van der Waals surface area contributed by atoms with Gasteiger partial charge in [-0.15, -0.1) is 0 Å². The van der Waals surface area contributed by atoms with E-state index in [1.165, 1.54) is 6.07 Å². The minimum atomic E-state index is -0.181. The molecule has 0 aliphatic carbocycles.